The van der Waals surface area contributed by atoms with Crippen molar-refractivity contribution in [3.8, 4) is 11.4 Å². The monoisotopic (exact) mass is 609 g/mol. The molecule has 218 valence electrons. The van der Waals surface area contributed by atoms with Gasteiger partial charge in [0.25, 0.3) is 0 Å². The van der Waals surface area contributed by atoms with Crippen molar-refractivity contribution in [3.63, 3.8) is 0 Å². The van der Waals surface area contributed by atoms with E-state index in [2.05, 4.69) is 100 Å². The summed E-state index contributed by atoms with van der Waals surface area (Å²) in [5.74, 6) is 0. The molecule has 3 heterocycles. The molecule has 9 rings (SSSR count). The Morgan fingerprint density at radius 1 is 0.413 bits per heavy atom. The number of hydrogen-bond acceptors (Lipinski definition) is 2. The molecule has 3 aromatic heterocycles. The molecule has 0 saturated heterocycles. The molecule has 0 saturated carbocycles. The predicted octanol–water partition coefficient (Wildman–Crippen LogP) is 8.92. The lowest BCUT2D eigenvalue weighted by atomic mass is 10.2. The molecule has 0 bridgehead atoms. The Labute approximate surface area is 266 Å². The number of hydrogen-bond donors (Lipinski definition) is 0. The van der Waals surface area contributed by atoms with Crippen molar-refractivity contribution in [1.29, 1.82) is 0 Å². The zero-order chi connectivity index (χ0) is 30.7. The smallest absolute Gasteiger partial charge is 0.171 e. The topological polar surface area (TPSA) is 39.8 Å². The summed E-state index contributed by atoms with van der Waals surface area (Å²) in [5, 5.41) is 5.80. The van der Waals surface area contributed by atoms with Gasteiger partial charge in [0.2, 0.25) is 0 Å². The Bertz CT molecular complexity index is 2540. The van der Waals surface area contributed by atoms with E-state index in [1.165, 1.54) is 0 Å². The van der Waals surface area contributed by atoms with E-state index in [1.54, 1.807) is 0 Å². The van der Waals surface area contributed by atoms with E-state index < -0.39 is 7.14 Å². The van der Waals surface area contributed by atoms with Crippen LogP contribution < -0.4 is 15.9 Å². The Hall–Kier alpha value is -5.70. The molecule has 0 aliphatic heterocycles. The molecule has 0 aliphatic carbocycles. The van der Waals surface area contributed by atoms with Crippen LogP contribution in [0.1, 0.15) is 0 Å². The summed E-state index contributed by atoms with van der Waals surface area (Å²) >= 11 is 0. The van der Waals surface area contributed by atoms with E-state index >= 15 is 4.57 Å². The van der Waals surface area contributed by atoms with Crippen LogP contribution in [0, 0.1) is 0 Å². The first-order valence-corrected chi connectivity index (χ1v) is 17.1. The fourth-order valence-corrected chi connectivity index (χ4v) is 9.63. The van der Waals surface area contributed by atoms with E-state index in [-0.39, 0.29) is 0 Å². The van der Waals surface area contributed by atoms with E-state index in [1.807, 2.05) is 79.0 Å². The Morgan fingerprint density at radius 3 is 1.50 bits per heavy atom. The highest BCUT2D eigenvalue weighted by Gasteiger charge is 2.30. The minimum absolute atomic E-state index is 0.802. The maximum Gasteiger partial charge on any atom is 0.171 e. The second-order valence-corrected chi connectivity index (χ2v) is 14.3. The van der Waals surface area contributed by atoms with Crippen molar-refractivity contribution in [2.45, 2.75) is 0 Å². The van der Waals surface area contributed by atoms with Crippen molar-refractivity contribution in [1.82, 2.24) is 14.1 Å². The number of fused-ring (bicyclic) bond motifs is 7. The van der Waals surface area contributed by atoms with Gasteiger partial charge in [0.1, 0.15) is 0 Å². The summed E-state index contributed by atoms with van der Waals surface area (Å²) in [5.41, 5.74) is 7.40. The molecule has 4 nitrogen and oxygen atoms in total. The summed E-state index contributed by atoms with van der Waals surface area (Å²) < 4.78 is 19.8. The van der Waals surface area contributed by atoms with Crippen LogP contribution in [0.4, 0.5) is 0 Å². The summed E-state index contributed by atoms with van der Waals surface area (Å²) in [6.07, 6.45) is 2.02. The van der Waals surface area contributed by atoms with Gasteiger partial charge in [-0.3, -0.25) is 4.98 Å². The summed E-state index contributed by atoms with van der Waals surface area (Å²) in [6, 6.07) is 55.5. The summed E-state index contributed by atoms with van der Waals surface area (Å²) in [4.78, 5) is 5.10. The number of nitrogens with zero attached hydrogens (tertiary/aromatic N) is 3. The largest absolute Gasteiger partial charge is 0.309 e. The van der Waals surface area contributed by atoms with Gasteiger partial charge in [-0.25, -0.2) is 0 Å². The maximum absolute atomic E-state index is 15.1. The highest BCUT2D eigenvalue weighted by atomic mass is 31.2. The van der Waals surface area contributed by atoms with Crippen molar-refractivity contribution >= 4 is 66.8 Å². The van der Waals surface area contributed by atoms with Crippen LogP contribution in [0.5, 0.6) is 0 Å². The number of pyridine rings is 1. The predicted molar refractivity (Wildman–Crippen MR) is 192 cm³/mol. The molecule has 0 unspecified atom stereocenters. The lowest BCUT2D eigenvalue weighted by Crippen LogP contribution is -2.24. The van der Waals surface area contributed by atoms with Crippen molar-refractivity contribution in [2.75, 3.05) is 0 Å². The SMILES string of the molecule is O=P(c1ccccc1)(c1ccccc1)c1ccc(-n2c3ccccc3c3ncc4c5ccccc5n(-c5ccccc5)c4c32)cc1. The molecule has 5 heteroatoms. The first-order valence-electron chi connectivity index (χ1n) is 15.4. The van der Waals surface area contributed by atoms with Crippen LogP contribution in [-0.2, 0) is 4.57 Å². The summed E-state index contributed by atoms with van der Waals surface area (Å²) in [7, 11) is -3.10. The van der Waals surface area contributed by atoms with Gasteiger partial charge >= 0.3 is 0 Å². The van der Waals surface area contributed by atoms with Gasteiger partial charge in [0.05, 0.1) is 27.6 Å². The van der Waals surface area contributed by atoms with Crippen LogP contribution in [0.15, 0.2) is 170 Å². The quantitative estimate of drug-likeness (QED) is 0.183. The average molecular weight is 610 g/mol. The Balaban J connectivity index is 1.35. The van der Waals surface area contributed by atoms with Crippen molar-refractivity contribution in [2.24, 2.45) is 0 Å². The minimum atomic E-state index is -3.10. The van der Waals surface area contributed by atoms with Crippen molar-refractivity contribution < 1.29 is 4.57 Å². The number of para-hydroxylation sites is 3. The van der Waals surface area contributed by atoms with Crippen molar-refractivity contribution in [3.05, 3.63) is 170 Å². The second kappa shape index (κ2) is 10.4. The molecular formula is C41H28N3OP. The molecule has 0 N–H and O–H groups in total. The highest BCUT2D eigenvalue weighted by molar-refractivity contribution is 7.85. The number of benzene rings is 6. The highest BCUT2D eigenvalue weighted by Crippen LogP contribution is 2.43. The molecule has 0 aliphatic rings. The molecule has 0 spiro atoms. The standard InChI is InChI=1S/C41H28N3OP/c45-46(31-16-6-2-7-17-31,32-18-8-3-9-19-32)33-26-24-30(25-27-33)44-38-23-13-11-21-35(38)39-41(44)40-36(28-42-39)34-20-10-12-22-37(34)43(40)29-14-4-1-5-15-29/h1-28H. The lowest BCUT2D eigenvalue weighted by Gasteiger charge is -2.20. The second-order valence-electron chi connectivity index (χ2n) is 11.6. The molecule has 6 aromatic carbocycles. The van der Waals surface area contributed by atoms with Gasteiger partial charge < -0.3 is 13.7 Å². The van der Waals surface area contributed by atoms with Crippen LogP contribution >= 0.6 is 7.14 Å². The molecule has 0 radical (unpaired) electrons. The Kier molecular flexibility index (Phi) is 6.06. The van der Waals surface area contributed by atoms with Gasteiger partial charge in [-0.15, -0.1) is 0 Å². The molecule has 46 heavy (non-hydrogen) atoms. The molecular weight excluding hydrogens is 581 g/mol. The Morgan fingerprint density at radius 2 is 0.870 bits per heavy atom. The lowest BCUT2D eigenvalue weighted by molar-refractivity contribution is 0.592. The molecule has 0 atom stereocenters. The molecule has 9 aromatic rings. The van der Waals surface area contributed by atoms with Crippen LogP contribution in [-0.4, -0.2) is 14.1 Å². The normalized spacial score (nSPS) is 12.0. The number of rotatable bonds is 5. The average Bonchev–Trinajstić information content (AvgIpc) is 3.66. The van der Waals surface area contributed by atoms with Crippen LogP contribution in [0.2, 0.25) is 0 Å². The van der Waals surface area contributed by atoms with E-state index in [0.29, 0.717) is 0 Å². The zero-order valence-corrected chi connectivity index (χ0v) is 25.8. The van der Waals surface area contributed by atoms with Gasteiger partial charge in [0, 0.05) is 49.6 Å². The van der Waals surface area contributed by atoms with E-state index in [0.717, 1.165) is 71.0 Å². The molecule has 0 amide bonds. The third kappa shape index (κ3) is 3.87. The first-order chi connectivity index (χ1) is 22.7. The number of aromatic nitrogens is 3. The fraction of sp³-hybridized carbons (Fsp3) is 0. The first kappa shape index (κ1) is 26.7. The van der Waals surface area contributed by atoms with Gasteiger partial charge in [-0.05, 0) is 48.5 Å². The van der Waals surface area contributed by atoms with E-state index in [9.17, 15) is 0 Å². The van der Waals surface area contributed by atoms with Gasteiger partial charge in [-0.2, -0.15) is 0 Å². The maximum atomic E-state index is 15.1. The molecule has 0 fully saturated rings. The third-order valence-electron chi connectivity index (χ3n) is 9.03. The van der Waals surface area contributed by atoms with Crippen LogP contribution in [0.25, 0.3) is 55.1 Å². The van der Waals surface area contributed by atoms with E-state index in [4.69, 9.17) is 4.98 Å². The fourth-order valence-electron chi connectivity index (χ4n) is 6.98. The van der Waals surface area contributed by atoms with Crippen LogP contribution in [0.3, 0.4) is 0 Å². The third-order valence-corrected chi connectivity index (χ3v) is 12.1. The summed E-state index contributed by atoms with van der Waals surface area (Å²) in [6.45, 7) is 0. The van der Waals surface area contributed by atoms with Gasteiger partial charge in [0.15, 0.2) is 7.14 Å². The zero-order valence-electron chi connectivity index (χ0n) is 24.9. The minimum Gasteiger partial charge on any atom is -0.309 e. The van der Waals surface area contributed by atoms with Gasteiger partial charge in [-0.1, -0.05) is 115 Å².